The molecule has 0 bridgehead atoms. The molecule has 1 unspecified atom stereocenters. The zero-order valence-electron chi connectivity index (χ0n) is 11.3. The summed E-state index contributed by atoms with van der Waals surface area (Å²) in [5.41, 5.74) is 0.864. The van der Waals surface area contributed by atoms with E-state index in [0.717, 1.165) is 5.69 Å². The fourth-order valence-corrected chi connectivity index (χ4v) is 1.62. The fourth-order valence-electron chi connectivity index (χ4n) is 1.62. The molecule has 1 atom stereocenters. The highest BCUT2D eigenvalue weighted by atomic mass is 16.5. The van der Waals surface area contributed by atoms with Gasteiger partial charge in [0, 0.05) is 7.11 Å². The highest BCUT2D eigenvalue weighted by Crippen LogP contribution is 2.05. The third-order valence-electron chi connectivity index (χ3n) is 2.75. The molecule has 1 amide bonds. The van der Waals surface area contributed by atoms with Crippen molar-refractivity contribution in [2.75, 3.05) is 13.7 Å². The monoisotopic (exact) mass is 290 g/mol. The van der Waals surface area contributed by atoms with Crippen molar-refractivity contribution in [2.45, 2.75) is 6.10 Å². The maximum Gasteiger partial charge on any atom is 0.334 e. The second-order valence-corrected chi connectivity index (χ2v) is 4.16. The van der Waals surface area contributed by atoms with Crippen LogP contribution < -0.4 is 5.32 Å². The molecule has 1 aromatic carbocycles. The summed E-state index contributed by atoms with van der Waals surface area (Å²) in [6.07, 6.45) is 0.367. The Bertz CT molecular complexity index is 626. The number of methoxy groups -OCH3 is 1. The smallest absolute Gasteiger partial charge is 0.334 e. The van der Waals surface area contributed by atoms with Crippen molar-refractivity contribution in [2.24, 2.45) is 0 Å². The average Bonchev–Trinajstić information content (AvgIpc) is 2.98. The predicted molar refractivity (Wildman–Crippen MR) is 72.1 cm³/mol. The molecular weight excluding hydrogens is 276 g/mol. The topological polar surface area (TPSA) is 106 Å². The van der Waals surface area contributed by atoms with Gasteiger partial charge in [-0.2, -0.15) is 0 Å². The predicted octanol–water partition coefficient (Wildman–Crippen LogP) is 0.0967. The third kappa shape index (κ3) is 3.63. The van der Waals surface area contributed by atoms with Gasteiger partial charge in [-0.05, 0) is 12.1 Å². The first-order valence-electron chi connectivity index (χ1n) is 6.13. The number of carboxylic acids is 1. The Balaban J connectivity index is 2.01. The number of nitrogens with zero attached hydrogens (tertiary/aromatic N) is 3. The van der Waals surface area contributed by atoms with Crippen molar-refractivity contribution in [1.82, 2.24) is 20.3 Å². The minimum absolute atomic E-state index is 0.0964. The van der Waals surface area contributed by atoms with Crippen LogP contribution in [0.15, 0.2) is 36.5 Å². The molecule has 0 saturated carbocycles. The van der Waals surface area contributed by atoms with Crippen LogP contribution in [0, 0.1) is 0 Å². The van der Waals surface area contributed by atoms with Gasteiger partial charge in [0.2, 0.25) is 0 Å². The molecule has 0 aliphatic heterocycles. The molecule has 0 saturated heterocycles. The summed E-state index contributed by atoms with van der Waals surface area (Å²) in [5.74, 6) is -1.66. The number of carbonyl (C=O) groups excluding carboxylic acids is 1. The number of carboxylic acid groups (broad SMARTS) is 1. The minimum Gasteiger partial charge on any atom is -0.479 e. The Morgan fingerprint density at radius 2 is 2.10 bits per heavy atom. The molecule has 1 heterocycles. The first-order chi connectivity index (χ1) is 10.1. The molecule has 2 aromatic rings. The van der Waals surface area contributed by atoms with Crippen LogP contribution >= 0.6 is 0 Å². The van der Waals surface area contributed by atoms with Crippen LogP contribution in [0.3, 0.4) is 0 Å². The molecule has 0 radical (unpaired) electrons. The lowest BCUT2D eigenvalue weighted by molar-refractivity contribution is -0.148. The molecule has 2 N–H and O–H groups in total. The summed E-state index contributed by atoms with van der Waals surface area (Å²) in [7, 11) is 1.26. The normalized spacial score (nSPS) is 11.9. The number of ether oxygens (including phenoxy) is 1. The molecule has 8 heteroatoms. The number of hydrogen-bond acceptors (Lipinski definition) is 5. The van der Waals surface area contributed by atoms with E-state index < -0.39 is 18.0 Å². The summed E-state index contributed by atoms with van der Waals surface area (Å²) in [6.45, 7) is -0.150. The van der Waals surface area contributed by atoms with Gasteiger partial charge >= 0.3 is 5.97 Å². The summed E-state index contributed by atoms with van der Waals surface area (Å²) in [5, 5.41) is 18.8. The number of aliphatic carboxylic acids is 1. The summed E-state index contributed by atoms with van der Waals surface area (Å²) >= 11 is 0. The third-order valence-corrected chi connectivity index (χ3v) is 2.75. The van der Waals surface area contributed by atoms with Gasteiger partial charge in [0.1, 0.15) is 0 Å². The van der Waals surface area contributed by atoms with Gasteiger partial charge in [-0.25, -0.2) is 9.48 Å². The van der Waals surface area contributed by atoms with Crippen LogP contribution in [-0.4, -0.2) is 51.7 Å². The maximum absolute atomic E-state index is 11.9. The molecule has 8 nitrogen and oxygen atoms in total. The molecule has 0 spiro atoms. The van der Waals surface area contributed by atoms with Crippen LogP contribution in [-0.2, 0) is 9.53 Å². The van der Waals surface area contributed by atoms with E-state index in [9.17, 15) is 9.59 Å². The number of aromatic nitrogens is 3. The van der Waals surface area contributed by atoms with E-state index in [1.807, 2.05) is 30.3 Å². The number of benzene rings is 1. The quantitative estimate of drug-likeness (QED) is 0.781. The minimum atomic E-state index is -1.15. The van der Waals surface area contributed by atoms with E-state index in [-0.39, 0.29) is 12.2 Å². The second kappa shape index (κ2) is 6.62. The van der Waals surface area contributed by atoms with Crippen molar-refractivity contribution in [3.63, 3.8) is 0 Å². The van der Waals surface area contributed by atoms with Gasteiger partial charge < -0.3 is 15.2 Å². The molecule has 1 aromatic heterocycles. The molecule has 2 rings (SSSR count). The molecular formula is C13H14N4O4. The molecule has 0 aliphatic rings. The first kappa shape index (κ1) is 14.7. The lowest BCUT2D eigenvalue weighted by Gasteiger charge is -2.10. The summed E-state index contributed by atoms with van der Waals surface area (Å²) < 4.78 is 6.18. The Labute approximate surface area is 120 Å². The first-order valence-corrected chi connectivity index (χ1v) is 6.13. The summed E-state index contributed by atoms with van der Waals surface area (Å²) in [6, 6.07) is 9.19. The number of carbonyl (C=O) groups is 2. The number of amides is 1. The Kier molecular flexibility index (Phi) is 4.62. The number of nitrogens with one attached hydrogen (secondary N) is 1. The van der Waals surface area contributed by atoms with E-state index in [0.29, 0.717) is 0 Å². The van der Waals surface area contributed by atoms with Gasteiger partial charge in [-0.15, -0.1) is 5.10 Å². The van der Waals surface area contributed by atoms with E-state index in [4.69, 9.17) is 9.84 Å². The Morgan fingerprint density at radius 1 is 1.38 bits per heavy atom. The maximum atomic E-state index is 11.9. The van der Waals surface area contributed by atoms with E-state index >= 15 is 0 Å². The average molecular weight is 290 g/mol. The molecule has 0 aliphatic carbocycles. The van der Waals surface area contributed by atoms with Crippen molar-refractivity contribution in [3.8, 4) is 5.69 Å². The Morgan fingerprint density at radius 3 is 2.71 bits per heavy atom. The second-order valence-electron chi connectivity index (χ2n) is 4.16. The van der Waals surface area contributed by atoms with E-state index in [2.05, 4.69) is 15.6 Å². The SMILES string of the molecule is COC(CNC(=O)c1cn(-c2ccccc2)nn1)C(=O)O. The van der Waals surface area contributed by atoms with Gasteiger partial charge in [0.25, 0.3) is 5.91 Å². The van der Waals surface area contributed by atoms with Crippen molar-refractivity contribution in [3.05, 3.63) is 42.2 Å². The van der Waals surface area contributed by atoms with Crippen LogP contribution in [0.1, 0.15) is 10.5 Å². The van der Waals surface area contributed by atoms with Crippen LogP contribution in [0.5, 0.6) is 0 Å². The summed E-state index contributed by atoms with van der Waals surface area (Å²) in [4.78, 5) is 22.6. The Hall–Kier alpha value is -2.74. The number of para-hydroxylation sites is 1. The lowest BCUT2D eigenvalue weighted by Crippen LogP contribution is -2.37. The lowest BCUT2D eigenvalue weighted by atomic mass is 10.3. The van der Waals surface area contributed by atoms with Crippen LogP contribution in [0.4, 0.5) is 0 Å². The van der Waals surface area contributed by atoms with Gasteiger partial charge in [-0.3, -0.25) is 4.79 Å². The molecule has 21 heavy (non-hydrogen) atoms. The van der Waals surface area contributed by atoms with Crippen molar-refractivity contribution < 1.29 is 19.4 Å². The highest BCUT2D eigenvalue weighted by molar-refractivity contribution is 5.92. The zero-order chi connectivity index (χ0) is 15.2. The van der Waals surface area contributed by atoms with Gasteiger partial charge in [-0.1, -0.05) is 23.4 Å². The van der Waals surface area contributed by atoms with Crippen molar-refractivity contribution >= 4 is 11.9 Å². The van der Waals surface area contributed by atoms with E-state index in [1.54, 1.807) is 0 Å². The standard InChI is InChI=1S/C13H14N4O4/c1-21-11(13(19)20)7-14-12(18)10-8-17(16-15-10)9-5-3-2-4-6-9/h2-6,8,11H,7H2,1H3,(H,14,18)(H,19,20). The zero-order valence-corrected chi connectivity index (χ0v) is 11.3. The van der Waals surface area contributed by atoms with Crippen LogP contribution in [0.2, 0.25) is 0 Å². The molecule has 0 fully saturated rings. The van der Waals surface area contributed by atoms with E-state index in [1.165, 1.54) is 18.0 Å². The van der Waals surface area contributed by atoms with Crippen molar-refractivity contribution in [1.29, 1.82) is 0 Å². The van der Waals surface area contributed by atoms with Crippen LogP contribution in [0.25, 0.3) is 5.69 Å². The fraction of sp³-hybridized carbons (Fsp3) is 0.231. The largest absolute Gasteiger partial charge is 0.479 e. The molecule has 110 valence electrons. The number of hydrogen-bond donors (Lipinski definition) is 2. The number of rotatable bonds is 6. The highest BCUT2D eigenvalue weighted by Gasteiger charge is 2.19. The van der Waals surface area contributed by atoms with Gasteiger partial charge in [0.15, 0.2) is 11.8 Å². The van der Waals surface area contributed by atoms with Gasteiger partial charge in [0.05, 0.1) is 18.4 Å².